The highest BCUT2D eigenvalue weighted by Gasteiger charge is 2.18. The molecule has 0 spiro atoms. The summed E-state index contributed by atoms with van der Waals surface area (Å²) in [6.45, 7) is 8.29. The zero-order chi connectivity index (χ0) is 20.1. The van der Waals surface area contributed by atoms with E-state index in [0.29, 0.717) is 28.4 Å². The molecule has 1 amide bonds. The minimum atomic E-state index is -0.411. The van der Waals surface area contributed by atoms with Crippen molar-refractivity contribution in [3.63, 3.8) is 0 Å². The van der Waals surface area contributed by atoms with Gasteiger partial charge in [-0.05, 0) is 18.4 Å². The van der Waals surface area contributed by atoms with Gasteiger partial charge >= 0.3 is 0 Å². The maximum Gasteiger partial charge on any atom is 0.278 e. The van der Waals surface area contributed by atoms with E-state index in [4.69, 9.17) is 0 Å². The van der Waals surface area contributed by atoms with E-state index in [0.717, 1.165) is 16.5 Å². The molecule has 0 aliphatic heterocycles. The SMILES string of the molecule is C=CCSc1nnc(NC(=O)c2nn(CCC(C)C)c(=O)c3ccccc23)s1. The number of nitrogens with one attached hydrogen (secondary N) is 1. The van der Waals surface area contributed by atoms with Crippen molar-refractivity contribution in [2.45, 2.75) is 31.2 Å². The third kappa shape index (κ3) is 4.66. The summed E-state index contributed by atoms with van der Waals surface area (Å²) in [4.78, 5) is 25.6. The molecular formula is C19H21N5O2S2. The van der Waals surface area contributed by atoms with E-state index >= 15 is 0 Å². The Morgan fingerprint density at radius 3 is 2.79 bits per heavy atom. The molecule has 146 valence electrons. The second-order valence-electron chi connectivity index (χ2n) is 6.53. The number of anilines is 1. The van der Waals surface area contributed by atoms with Gasteiger partial charge < -0.3 is 0 Å². The van der Waals surface area contributed by atoms with Gasteiger partial charge in [0, 0.05) is 17.7 Å². The number of hydrogen-bond donors (Lipinski definition) is 1. The number of rotatable bonds is 8. The van der Waals surface area contributed by atoms with E-state index in [1.165, 1.54) is 27.8 Å². The number of aromatic nitrogens is 4. The lowest BCUT2D eigenvalue weighted by atomic mass is 10.1. The maximum atomic E-state index is 12.9. The fourth-order valence-electron chi connectivity index (χ4n) is 2.54. The van der Waals surface area contributed by atoms with Crippen LogP contribution in [0.15, 0.2) is 46.1 Å². The van der Waals surface area contributed by atoms with Gasteiger partial charge in [-0.1, -0.05) is 61.2 Å². The molecule has 1 aromatic carbocycles. The van der Waals surface area contributed by atoms with Crippen molar-refractivity contribution in [2.24, 2.45) is 5.92 Å². The number of amides is 1. The van der Waals surface area contributed by atoms with Crippen LogP contribution in [0.3, 0.4) is 0 Å². The molecule has 2 aromatic heterocycles. The van der Waals surface area contributed by atoms with Crippen LogP contribution in [0.2, 0.25) is 0 Å². The van der Waals surface area contributed by atoms with Crippen molar-refractivity contribution in [2.75, 3.05) is 11.1 Å². The molecule has 3 aromatic rings. The van der Waals surface area contributed by atoms with Crippen molar-refractivity contribution in [1.29, 1.82) is 0 Å². The van der Waals surface area contributed by atoms with Crippen LogP contribution >= 0.6 is 23.1 Å². The van der Waals surface area contributed by atoms with Crippen LogP contribution in [0.1, 0.15) is 30.8 Å². The lowest BCUT2D eigenvalue weighted by molar-refractivity contribution is 0.102. The minimum absolute atomic E-state index is 0.188. The van der Waals surface area contributed by atoms with Gasteiger partial charge in [0.1, 0.15) is 0 Å². The Morgan fingerprint density at radius 1 is 1.32 bits per heavy atom. The Kier molecular flexibility index (Phi) is 6.58. The second-order valence-corrected chi connectivity index (χ2v) is 8.78. The molecule has 3 rings (SSSR count). The number of carbonyl (C=O) groups is 1. The predicted molar refractivity (Wildman–Crippen MR) is 114 cm³/mol. The zero-order valence-electron chi connectivity index (χ0n) is 15.7. The standard InChI is InChI=1S/C19H21N5O2S2/c1-4-11-27-19-22-21-18(28-19)20-16(25)15-13-7-5-6-8-14(13)17(26)24(23-15)10-9-12(2)3/h4-8,12H,1,9-11H2,2-3H3,(H,20,21,25). The molecule has 0 atom stereocenters. The highest BCUT2D eigenvalue weighted by Crippen LogP contribution is 2.26. The van der Waals surface area contributed by atoms with Crippen LogP contribution in [0.5, 0.6) is 0 Å². The molecule has 0 saturated heterocycles. The number of fused-ring (bicyclic) bond motifs is 1. The van der Waals surface area contributed by atoms with E-state index in [1.54, 1.807) is 30.3 Å². The Labute approximate surface area is 170 Å². The summed E-state index contributed by atoms with van der Waals surface area (Å²) in [7, 11) is 0. The van der Waals surface area contributed by atoms with Gasteiger partial charge in [0.25, 0.3) is 11.5 Å². The fraction of sp³-hybridized carbons (Fsp3) is 0.316. The second kappa shape index (κ2) is 9.11. The summed E-state index contributed by atoms with van der Waals surface area (Å²) in [6, 6.07) is 7.02. The summed E-state index contributed by atoms with van der Waals surface area (Å²) in [6.07, 6.45) is 2.58. The minimum Gasteiger partial charge on any atom is -0.295 e. The van der Waals surface area contributed by atoms with Crippen LogP contribution in [-0.4, -0.2) is 31.6 Å². The number of carbonyl (C=O) groups excluding carboxylic acids is 1. The molecule has 0 radical (unpaired) electrons. The molecule has 7 nitrogen and oxygen atoms in total. The maximum absolute atomic E-state index is 12.9. The Bertz CT molecular complexity index is 1060. The Balaban J connectivity index is 1.93. The summed E-state index contributed by atoms with van der Waals surface area (Å²) in [5.74, 6) is 0.728. The summed E-state index contributed by atoms with van der Waals surface area (Å²) < 4.78 is 2.12. The van der Waals surface area contributed by atoms with Crippen molar-refractivity contribution >= 4 is 44.9 Å². The lowest BCUT2D eigenvalue weighted by Crippen LogP contribution is -2.28. The summed E-state index contributed by atoms with van der Waals surface area (Å²) in [5, 5.41) is 16.5. The first-order valence-corrected chi connectivity index (χ1v) is 10.7. The largest absolute Gasteiger partial charge is 0.295 e. The monoisotopic (exact) mass is 415 g/mol. The van der Waals surface area contributed by atoms with Crippen LogP contribution in [0.25, 0.3) is 10.8 Å². The van der Waals surface area contributed by atoms with Crippen LogP contribution < -0.4 is 10.9 Å². The normalized spacial score (nSPS) is 11.1. The topological polar surface area (TPSA) is 89.8 Å². The molecule has 1 N–H and O–H groups in total. The summed E-state index contributed by atoms with van der Waals surface area (Å²) in [5.41, 5.74) is 0.0151. The molecule has 0 aliphatic carbocycles. The number of benzene rings is 1. The first-order chi connectivity index (χ1) is 13.5. The zero-order valence-corrected chi connectivity index (χ0v) is 17.3. The van der Waals surface area contributed by atoms with Gasteiger partial charge in [-0.3, -0.25) is 14.9 Å². The van der Waals surface area contributed by atoms with Crippen molar-refractivity contribution in [3.05, 3.63) is 53.0 Å². The molecule has 0 aliphatic rings. The van der Waals surface area contributed by atoms with Crippen LogP contribution in [0, 0.1) is 5.92 Å². The van der Waals surface area contributed by atoms with Gasteiger partial charge in [0.05, 0.1) is 5.39 Å². The van der Waals surface area contributed by atoms with Crippen LogP contribution in [0.4, 0.5) is 5.13 Å². The summed E-state index contributed by atoms with van der Waals surface area (Å²) >= 11 is 2.78. The number of aryl methyl sites for hydroxylation is 1. The Hall–Kier alpha value is -2.52. The van der Waals surface area contributed by atoms with Crippen molar-refractivity contribution < 1.29 is 4.79 Å². The van der Waals surface area contributed by atoms with E-state index in [9.17, 15) is 9.59 Å². The molecule has 0 unspecified atom stereocenters. The molecule has 0 saturated carbocycles. The average Bonchev–Trinajstić information content (AvgIpc) is 3.13. The number of thioether (sulfide) groups is 1. The van der Waals surface area contributed by atoms with E-state index < -0.39 is 5.91 Å². The third-order valence-electron chi connectivity index (χ3n) is 3.95. The van der Waals surface area contributed by atoms with Gasteiger partial charge in [0.2, 0.25) is 5.13 Å². The molecule has 0 fully saturated rings. The predicted octanol–water partition coefficient (Wildman–Crippen LogP) is 3.82. The molecule has 2 heterocycles. The van der Waals surface area contributed by atoms with Crippen molar-refractivity contribution in [3.8, 4) is 0 Å². The number of nitrogens with zero attached hydrogens (tertiary/aromatic N) is 4. The van der Waals surface area contributed by atoms with Gasteiger partial charge in [-0.15, -0.1) is 16.8 Å². The lowest BCUT2D eigenvalue weighted by Gasteiger charge is -2.11. The average molecular weight is 416 g/mol. The number of hydrogen-bond acceptors (Lipinski definition) is 7. The first kappa shape index (κ1) is 20.2. The first-order valence-electron chi connectivity index (χ1n) is 8.88. The Morgan fingerprint density at radius 2 is 2.07 bits per heavy atom. The van der Waals surface area contributed by atoms with Crippen molar-refractivity contribution in [1.82, 2.24) is 20.0 Å². The van der Waals surface area contributed by atoms with E-state index in [1.807, 2.05) is 0 Å². The quantitative estimate of drug-likeness (QED) is 0.342. The van der Waals surface area contributed by atoms with E-state index in [2.05, 4.69) is 41.0 Å². The molecule has 9 heteroatoms. The third-order valence-corrected chi connectivity index (χ3v) is 5.92. The molecule has 28 heavy (non-hydrogen) atoms. The molecular weight excluding hydrogens is 394 g/mol. The van der Waals surface area contributed by atoms with Gasteiger partial charge in [0.15, 0.2) is 10.0 Å². The van der Waals surface area contributed by atoms with Crippen LogP contribution in [-0.2, 0) is 6.54 Å². The van der Waals surface area contributed by atoms with Gasteiger partial charge in [-0.2, -0.15) is 5.10 Å². The van der Waals surface area contributed by atoms with E-state index in [-0.39, 0.29) is 11.3 Å². The molecule has 0 bridgehead atoms. The van der Waals surface area contributed by atoms with Gasteiger partial charge in [-0.25, -0.2) is 4.68 Å². The smallest absolute Gasteiger partial charge is 0.278 e. The fourth-order valence-corrected chi connectivity index (χ4v) is 4.05. The highest BCUT2D eigenvalue weighted by atomic mass is 32.2. The highest BCUT2D eigenvalue weighted by molar-refractivity contribution is 8.01.